The lowest BCUT2D eigenvalue weighted by Gasteiger charge is -2.18. The summed E-state index contributed by atoms with van der Waals surface area (Å²) < 4.78 is 54.8. The average Bonchev–Trinajstić information content (AvgIpc) is 3.51. The number of nitrogens with zero attached hydrogens (tertiary/aromatic N) is 4. The fourth-order valence-corrected chi connectivity index (χ4v) is 3.24. The zero-order valence-corrected chi connectivity index (χ0v) is 18.2. The maximum absolute atomic E-state index is 14.5. The second-order valence-electron chi connectivity index (χ2n) is 8.05. The van der Waals surface area contributed by atoms with E-state index >= 15 is 0 Å². The summed E-state index contributed by atoms with van der Waals surface area (Å²) in [7, 11) is 0. The topological polar surface area (TPSA) is 102 Å². The number of aromatic nitrogens is 4. The summed E-state index contributed by atoms with van der Waals surface area (Å²) in [5.74, 6) is -2.07. The maximum atomic E-state index is 14.5. The summed E-state index contributed by atoms with van der Waals surface area (Å²) in [6.07, 6.45) is -2.01. The molecular formula is C22H20F4N6O2. The molecule has 2 aromatic heterocycles. The van der Waals surface area contributed by atoms with Gasteiger partial charge in [-0.25, -0.2) is 9.37 Å². The second kappa shape index (κ2) is 8.84. The van der Waals surface area contributed by atoms with Gasteiger partial charge in [-0.3, -0.25) is 9.59 Å². The fraction of sp³-hybridized carbons (Fsp3) is 0.318. The molecule has 34 heavy (non-hydrogen) atoms. The molecule has 2 heterocycles. The number of aryl methyl sites for hydroxylation is 1. The van der Waals surface area contributed by atoms with E-state index in [1.807, 2.05) is 0 Å². The summed E-state index contributed by atoms with van der Waals surface area (Å²) in [5, 5.41) is 12.4. The highest BCUT2D eigenvalue weighted by Crippen LogP contribution is 2.33. The smallest absolute Gasteiger partial charge is 0.326 e. The molecular weight excluding hydrogens is 456 g/mol. The third kappa shape index (κ3) is 4.90. The molecule has 2 N–H and O–H groups in total. The van der Waals surface area contributed by atoms with Crippen molar-refractivity contribution < 1.29 is 27.2 Å². The number of benzene rings is 1. The van der Waals surface area contributed by atoms with Crippen LogP contribution in [0.5, 0.6) is 0 Å². The van der Waals surface area contributed by atoms with Crippen LogP contribution in [0.3, 0.4) is 0 Å². The number of hydrogen-bond donors (Lipinski definition) is 2. The number of amides is 2. The Morgan fingerprint density at radius 2 is 1.91 bits per heavy atom. The Balaban J connectivity index is 1.57. The Hall–Kier alpha value is -3.83. The molecule has 0 aliphatic heterocycles. The monoisotopic (exact) mass is 476 g/mol. The third-order valence-corrected chi connectivity index (χ3v) is 5.45. The predicted octanol–water partition coefficient (Wildman–Crippen LogP) is 4.51. The minimum Gasteiger partial charge on any atom is -0.326 e. The predicted molar refractivity (Wildman–Crippen MR) is 114 cm³/mol. The van der Waals surface area contributed by atoms with Gasteiger partial charge in [0.2, 0.25) is 5.91 Å². The largest absolute Gasteiger partial charge is 0.408 e. The van der Waals surface area contributed by atoms with Gasteiger partial charge in [0.25, 0.3) is 5.91 Å². The van der Waals surface area contributed by atoms with Crippen molar-refractivity contribution >= 4 is 23.3 Å². The van der Waals surface area contributed by atoms with Crippen molar-refractivity contribution in [2.75, 3.05) is 10.6 Å². The maximum Gasteiger partial charge on any atom is 0.408 e. The van der Waals surface area contributed by atoms with Crippen LogP contribution >= 0.6 is 0 Å². The summed E-state index contributed by atoms with van der Waals surface area (Å²) in [5.41, 5.74) is 0.492. The van der Waals surface area contributed by atoms with E-state index in [-0.39, 0.29) is 34.7 Å². The molecule has 8 nitrogen and oxygen atoms in total. The molecule has 0 unspecified atom stereocenters. The van der Waals surface area contributed by atoms with E-state index in [2.05, 4.69) is 25.8 Å². The number of rotatable bonds is 6. The molecule has 0 bridgehead atoms. The van der Waals surface area contributed by atoms with Crippen molar-refractivity contribution in [2.24, 2.45) is 5.92 Å². The van der Waals surface area contributed by atoms with Gasteiger partial charge in [-0.2, -0.15) is 13.2 Å². The standard InChI is InChI=1S/C22H20F4N6O2/c1-11-8-15(23)14(9-17(11)29-20(33)13-6-7-13)21(34)30-18-5-3-4-16(28-18)19-31-27-10-32(19)12(2)22(24,25)26/h3-5,8-10,12-13H,6-7H2,1-2H3,(H,29,33)(H,28,30,34)/t12-/m1/s1. The first-order valence-electron chi connectivity index (χ1n) is 10.4. The van der Waals surface area contributed by atoms with Crippen LogP contribution in [0.4, 0.5) is 29.1 Å². The molecule has 1 aromatic carbocycles. The van der Waals surface area contributed by atoms with Crippen LogP contribution < -0.4 is 10.6 Å². The van der Waals surface area contributed by atoms with Crippen molar-refractivity contribution in [3.63, 3.8) is 0 Å². The number of alkyl halides is 3. The van der Waals surface area contributed by atoms with Crippen LogP contribution in [0.25, 0.3) is 11.5 Å². The van der Waals surface area contributed by atoms with Crippen LogP contribution in [-0.2, 0) is 4.79 Å². The number of halogens is 4. The normalized spacial score (nSPS) is 14.5. The van der Waals surface area contributed by atoms with Crippen molar-refractivity contribution in [3.8, 4) is 11.5 Å². The molecule has 0 radical (unpaired) electrons. The highest BCUT2D eigenvalue weighted by atomic mass is 19.4. The molecule has 178 valence electrons. The van der Waals surface area contributed by atoms with E-state index in [0.29, 0.717) is 11.3 Å². The van der Waals surface area contributed by atoms with Gasteiger partial charge in [-0.15, -0.1) is 10.2 Å². The van der Waals surface area contributed by atoms with Crippen LogP contribution in [0.1, 0.15) is 41.7 Å². The van der Waals surface area contributed by atoms with Crippen LogP contribution in [0.2, 0.25) is 0 Å². The Morgan fingerprint density at radius 1 is 1.18 bits per heavy atom. The number of carbonyl (C=O) groups excluding carboxylic acids is 2. The molecule has 1 aliphatic carbocycles. The lowest BCUT2D eigenvalue weighted by Crippen LogP contribution is -2.24. The SMILES string of the molecule is Cc1cc(F)c(C(=O)Nc2cccc(-c3nncn3[C@H](C)C(F)(F)F)n2)cc1NC(=O)C1CC1. The van der Waals surface area contributed by atoms with Gasteiger partial charge in [-0.05, 0) is 56.5 Å². The average molecular weight is 476 g/mol. The minimum atomic E-state index is -4.53. The number of carbonyl (C=O) groups is 2. The summed E-state index contributed by atoms with van der Waals surface area (Å²) in [4.78, 5) is 29.0. The van der Waals surface area contributed by atoms with E-state index in [4.69, 9.17) is 0 Å². The molecule has 12 heteroatoms. The lowest BCUT2D eigenvalue weighted by molar-refractivity contribution is -0.162. The minimum absolute atomic E-state index is 0.0275. The van der Waals surface area contributed by atoms with Gasteiger partial charge in [0, 0.05) is 11.6 Å². The van der Waals surface area contributed by atoms with Gasteiger partial charge < -0.3 is 15.2 Å². The van der Waals surface area contributed by atoms with E-state index in [9.17, 15) is 27.2 Å². The molecule has 1 fully saturated rings. The number of pyridine rings is 1. The first kappa shape index (κ1) is 23.3. The molecule has 1 saturated carbocycles. The van der Waals surface area contributed by atoms with Crippen molar-refractivity contribution in [2.45, 2.75) is 38.9 Å². The summed E-state index contributed by atoms with van der Waals surface area (Å²) in [6.45, 7) is 2.56. The van der Waals surface area contributed by atoms with Crippen molar-refractivity contribution in [1.82, 2.24) is 19.7 Å². The highest BCUT2D eigenvalue weighted by Gasteiger charge is 2.39. The van der Waals surface area contributed by atoms with Gasteiger partial charge in [0.15, 0.2) is 5.82 Å². The summed E-state index contributed by atoms with van der Waals surface area (Å²) in [6, 6.07) is 4.76. The Bertz CT molecular complexity index is 1250. The Labute approximate surface area is 191 Å². The first-order chi connectivity index (χ1) is 16.0. The van der Waals surface area contributed by atoms with Crippen molar-refractivity contribution in [3.05, 3.63) is 53.6 Å². The first-order valence-corrected chi connectivity index (χ1v) is 10.4. The number of nitrogens with one attached hydrogen (secondary N) is 2. The van der Waals surface area contributed by atoms with Crippen molar-refractivity contribution in [1.29, 1.82) is 0 Å². The van der Waals surface area contributed by atoms with Gasteiger partial charge in [-0.1, -0.05) is 6.07 Å². The van der Waals surface area contributed by atoms with E-state index in [0.717, 1.165) is 36.7 Å². The van der Waals surface area contributed by atoms with Gasteiger partial charge in [0.05, 0.1) is 5.56 Å². The quantitative estimate of drug-likeness (QED) is 0.510. The van der Waals surface area contributed by atoms with Crippen LogP contribution in [-0.4, -0.2) is 37.7 Å². The number of anilines is 2. The summed E-state index contributed by atoms with van der Waals surface area (Å²) >= 11 is 0. The second-order valence-corrected chi connectivity index (χ2v) is 8.05. The fourth-order valence-electron chi connectivity index (χ4n) is 3.24. The molecule has 3 aromatic rings. The third-order valence-electron chi connectivity index (χ3n) is 5.45. The number of hydrogen-bond acceptors (Lipinski definition) is 5. The van der Waals surface area contributed by atoms with Crippen LogP contribution in [0.15, 0.2) is 36.7 Å². The highest BCUT2D eigenvalue weighted by molar-refractivity contribution is 6.05. The molecule has 2 amide bonds. The molecule has 1 atom stereocenters. The van der Waals surface area contributed by atoms with Crippen LogP contribution in [0, 0.1) is 18.7 Å². The molecule has 0 spiro atoms. The molecule has 4 rings (SSSR count). The molecule has 1 aliphatic rings. The Kier molecular flexibility index (Phi) is 6.07. The zero-order valence-electron chi connectivity index (χ0n) is 18.2. The van der Waals surface area contributed by atoms with Gasteiger partial charge >= 0.3 is 6.18 Å². The lowest BCUT2D eigenvalue weighted by atomic mass is 10.1. The van der Waals surface area contributed by atoms with E-state index < -0.39 is 23.9 Å². The van der Waals surface area contributed by atoms with Gasteiger partial charge in [0.1, 0.15) is 29.7 Å². The van der Waals surface area contributed by atoms with E-state index in [1.54, 1.807) is 6.92 Å². The zero-order chi connectivity index (χ0) is 24.6. The van der Waals surface area contributed by atoms with E-state index in [1.165, 1.54) is 24.3 Å². The Morgan fingerprint density at radius 3 is 2.59 bits per heavy atom. The molecule has 0 saturated heterocycles.